The summed E-state index contributed by atoms with van der Waals surface area (Å²) >= 11 is 1.32. The van der Waals surface area contributed by atoms with Gasteiger partial charge in [0.05, 0.1) is 17.1 Å². The van der Waals surface area contributed by atoms with Crippen molar-refractivity contribution in [3.63, 3.8) is 0 Å². The number of imide groups is 2. The highest BCUT2D eigenvalue weighted by molar-refractivity contribution is 7.14. The summed E-state index contributed by atoms with van der Waals surface area (Å²) in [5, 5.41) is 12.3. The Hall–Kier alpha value is -7.14. The molecule has 3 fully saturated rings. The molecule has 1 aromatic heterocycles. The minimum absolute atomic E-state index is 0.0700. The number of benzene rings is 4. The van der Waals surface area contributed by atoms with E-state index in [1.54, 1.807) is 30.3 Å². The molecule has 2 unspecified atom stereocenters. The second-order valence-corrected chi connectivity index (χ2v) is 19.0. The van der Waals surface area contributed by atoms with Crippen LogP contribution in [0.25, 0.3) is 10.8 Å². The molecular weight excluding hydrogens is 883 g/mol. The number of amides is 8. The molecule has 14 nitrogen and oxygen atoms in total. The fourth-order valence-electron chi connectivity index (χ4n) is 9.07. The molecule has 5 heterocycles. The lowest BCUT2D eigenvalue weighted by atomic mass is 9.93. The van der Waals surface area contributed by atoms with Crippen LogP contribution in [-0.4, -0.2) is 69.1 Å². The fraction of sp³-hybridized carbons (Fsp3) is 0.320. The summed E-state index contributed by atoms with van der Waals surface area (Å²) in [6, 6.07) is 24.8. The Balaban J connectivity index is 0.000000169. The number of rotatable bonds is 11. The zero-order valence-corrected chi connectivity index (χ0v) is 37.2. The van der Waals surface area contributed by atoms with Gasteiger partial charge in [-0.05, 0) is 83.4 Å². The first-order valence-corrected chi connectivity index (χ1v) is 23.0. The number of carbonyl (C=O) groups excluding carboxylic acids is 8. The van der Waals surface area contributed by atoms with Gasteiger partial charge in [0.2, 0.25) is 29.4 Å². The summed E-state index contributed by atoms with van der Waals surface area (Å²) in [5.41, 5.74) is 4.15. The van der Waals surface area contributed by atoms with Crippen LogP contribution in [0.3, 0.4) is 0 Å². The van der Waals surface area contributed by atoms with Gasteiger partial charge >= 0.3 is 12.0 Å². The number of nitrogens with one attached hydrogen (secondary N) is 4. The molecule has 1 aliphatic carbocycles. The van der Waals surface area contributed by atoms with Gasteiger partial charge in [0.15, 0.2) is 0 Å². The van der Waals surface area contributed by atoms with Crippen molar-refractivity contribution in [3.8, 4) is 0 Å². The highest BCUT2D eigenvalue weighted by Gasteiger charge is 2.44. The Kier molecular flexibility index (Phi) is 12.0. The zero-order chi connectivity index (χ0) is 47.2. The van der Waals surface area contributed by atoms with Crippen molar-refractivity contribution in [1.29, 1.82) is 0 Å². The molecule has 0 radical (unpaired) electrons. The Morgan fingerprint density at radius 1 is 0.776 bits per heavy atom. The third kappa shape index (κ3) is 9.20. The normalized spacial score (nSPS) is 19.6. The number of aryl methyl sites for hydroxylation is 1. The van der Waals surface area contributed by atoms with E-state index < -0.39 is 35.6 Å². The smallest absolute Gasteiger partial charge is 0.330 e. The number of urea groups is 1. The van der Waals surface area contributed by atoms with Crippen molar-refractivity contribution in [2.24, 2.45) is 0 Å². The number of alkyl halides is 2. The highest BCUT2D eigenvalue weighted by atomic mass is 32.1. The SMILES string of the molecule is CC1(c2ccc(C(F)(F)C(=O)CCc3ccc4c(c3)CN(C3CCC(=O)NC3=O)C4=O)cc2)CC1.O=C1CCC(N2Cc3cc(CNC(=O)Nc4cccc5ccccc45)sc3C2=O)C(=O)N1. The van der Waals surface area contributed by atoms with Crippen LogP contribution in [0.1, 0.15) is 105 Å². The summed E-state index contributed by atoms with van der Waals surface area (Å²) in [4.78, 5) is 102. The van der Waals surface area contributed by atoms with Crippen LogP contribution >= 0.6 is 11.3 Å². The lowest BCUT2D eigenvalue weighted by Crippen LogP contribution is -2.52. The molecule has 8 amide bonds. The first-order valence-electron chi connectivity index (χ1n) is 22.2. The van der Waals surface area contributed by atoms with E-state index in [9.17, 15) is 47.1 Å². The van der Waals surface area contributed by atoms with E-state index in [1.165, 1.54) is 33.3 Å². The van der Waals surface area contributed by atoms with Gasteiger partial charge in [-0.25, -0.2) is 4.79 Å². The summed E-state index contributed by atoms with van der Waals surface area (Å²) in [5.74, 6) is -6.79. The molecule has 5 aromatic rings. The molecule has 344 valence electrons. The quantitative estimate of drug-likeness (QED) is 0.104. The van der Waals surface area contributed by atoms with Crippen LogP contribution in [0, 0.1) is 0 Å². The number of piperidine rings is 2. The van der Waals surface area contributed by atoms with Crippen LogP contribution in [0.15, 0.2) is 91.0 Å². The van der Waals surface area contributed by atoms with Gasteiger partial charge in [-0.3, -0.25) is 44.2 Å². The molecule has 10 rings (SSSR count). The summed E-state index contributed by atoms with van der Waals surface area (Å²) in [7, 11) is 0. The molecular formula is C50H46F2N6O8S. The Bertz CT molecular complexity index is 2890. The van der Waals surface area contributed by atoms with Crippen molar-refractivity contribution in [2.45, 2.75) is 101 Å². The number of hydrogen-bond donors (Lipinski definition) is 4. The summed E-state index contributed by atoms with van der Waals surface area (Å²) in [6.07, 6.45) is 2.86. The van der Waals surface area contributed by atoms with Gasteiger partial charge in [0.1, 0.15) is 12.1 Å². The molecule has 67 heavy (non-hydrogen) atoms. The molecule has 5 aliphatic rings. The van der Waals surface area contributed by atoms with Crippen molar-refractivity contribution < 1.29 is 47.1 Å². The number of fused-ring (bicyclic) bond motifs is 3. The third-order valence-electron chi connectivity index (χ3n) is 13.2. The van der Waals surface area contributed by atoms with Crippen LogP contribution in [0.5, 0.6) is 0 Å². The number of Topliss-reactive ketones (excluding diaryl/α,β-unsaturated/α-hetero) is 1. The number of ketones is 1. The summed E-state index contributed by atoms with van der Waals surface area (Å²) < 4.78 is 29.7. The van der Waals surface area contributed by atoms with Gasteiger partial charge in [-0.15, -0.1) is 11.3 Å². The Labute approximate surface area is 387 Å². The van der Waals surface area contributed by atoms with E-state index in [2.05, 4.69) is 28.2 Å². The van der Waals surface area contributed by atoms with Crippen molar-refractivity contribution in [2.75, 3.05) is 5.32 Å². The topological polar surface area (TPSA) is 191 Å². The molecule has 4 N–H and O–H groups in total. The lowest BCUT2D eigenvalue weighted by Gasteiger charge is -2.29. The molecule has 2 atom stereocenters. The van der Waals surface area contributed by atoms with E-state index in [-0.39, 0.29) is 79.3 Å². The van der Waals surface area contributed by atoms with Gasteiger partial charge in [0, 0.05) is 53.7 Å². The van der Waals surface area contributed by atoms with Crippen LogP contribution in [-0.2, 0) is 61.4 Å². The number of anilines is 1. The van der Waals surface area contributed by atoms with Gasteiger partial charge < -0.3 is 20.4 Å². The maximum Gasteiger partial charge on any atom is 0.330 e. The van der Waals surface area contributed by atoms with Crippen molar-refractivity contribution >= 4 is 75.1 Å². The number of carbonyl (C=O) groups is 8. The maximum atomic E-state index is 14.8. The molecule has 0 bridgehead atoms. The standard InChI is InChI=1S/C27H26F2N2O4.C23H20N4O4S/c1-26(12-13-26)18-4-6-19(7-5-18)27(28,29)22(32)10-3-16-2-8-20-17(14-16)15-31(25(20)35)21-9-11-23(33)30-24(21)34;28-19-9-8-18(21(29)26-19)27-12-14-10-15(32-20(14)22(27)30)11-24-23(31)25-17-7-3-5-13-4-1-2-6-16(13)17/h2,4-8,14,21H,3,9-13,15H2,1H3,(H,30,33,34);1-7,10,18H,8-9,11-12H2,(H2,24,25,31)(H,26,28,29). The van der Waals surface area contributed by atoms with Crippen molar-refractivity contribution in [1.82, 2.24) is 25.8 Å². The molecule has 17 heteroatoms. The third-order valence-corrected chi connectivity index (χ3v) is 14.4. The molecule has 0 spiro atoms. The number of halogens is 2. The first kappa shape index (κ1) is 45.0. The Morgan fingerprint density at radius 3 is 2.07 bits per heavy atom. The second-order valence-electron chi connectivity index (χ2n) is 17.8. The molecule has 4 aliphatic heterocycles. The highest BCUT2D eigenvalue weighted by Crippen LogP contribution is 2.48. The van der Waals surface area contributed by atoms with E-state index >= 15 is 0 Å². The zero-order valence-electron chi connectivity index (χ0n) is 36.4. The number of hydrogen-bond acceptors (Lipinski definition) is 9. The lowest BCUT2D eigenvalue weighted by molar-refractivity contribution is -0.144. The monoisotopic (exact) mass is 928 g/mol. The average molecular weight is 929 g/mol. The second kappa shape index (κ2) is 17.9. The van der Waals surface area contributed by atoms with E-state index in [0.29, 0.717) is 41.1 Å². The minimum Gasteiger partial charge on any atom is -0.333 e. The van der Waals surface area contributed by atoms with E-state index in [1.807, 2.05) is 48.5 Å². The van der Waals surface area contributed by atoms with Crippen molar-refractivity contribution in [3.05, 3.63) is 134 Å². The van der Waals surface area contributed by atoms with Gasteiger partial charge in [-0.1, -0.05) is 79.7 Å². The summed E-state index contributed by atoms with van der Waals surface area (Å²) in [6.45, 7) is 2.92. The number of nitrogens with zero attached hydrogens (tertiary/aromatic N) is 2. The molecule has 2 saturated heterocycles. The van der Waals surface area contributed by atoms with E-state index in [0.717, 1.165) is 45.3 Å². The largest absolute Gasteiger partial charge is 0.333 e. The first-order chi connectivity index (χ1) is 32.1. The van der Waals surface area contributed by atoms with Gasteiger partial charge in [-0.2, -0.15) is 8.78 Å². The number of thiophene rings is 1. The fourth-order valence-corrected chi connectivity index (χ4v) is 10.1. The van der Waals surface area contributed by atoms with Crippen LogP contribution < -0.4 is 21.3 Å². The van der Waals surface area contributed by atoms with Crippen LogP contribution in [0.2, 0.25) is 0 Å². The molecule has 1 saturated carbocycles. The minimum atomic E-state index is -3.57. The van der Waals surface area contributed by atoms with Crippen LogP contribution in [0.4, 0.5) is 19.3 Å². The average Bonchev–Trinajstić information content (AvgIpc) is 3.65. The Morgan fingerprint density at radius 2 is 1.42 bits per heavy atom. The predicted octanol–water partition coefficient (Wildman–Crippen LogP) is 6.78. The maximum absolute atomic E-state index is 14.8. The predicted molar refractivity (Wildman–Crippen MR) is 243 cm³/mol. The van der Waals surface area contributed by atoms with Gasteiger partial charge in [0.25, 0.3) is 11.8 Å². The molecule has 4 aromatic carbocycles. The van der Waals surface area contributed by atoms with E-state index in [4.69, 9.17) is 0 Å².